The Kier molecular flexibility index (Phi) is 66.8. The van der Waals surface area contributed by atoms with Crippen LogP contribution in [0.15, 0.2) is 0 Å². The van der Waals surface area contributed by atoms with E-state index in [1.807, 2.05) is 0 Å². The van der Waals surface area contributed by atoms with Crippen LogP contribution < -0.4 is 0 Å². The molecule has 0 aromatic heterocycles. The fourth-order valence-electron chi connectivity index (χ4n) is 11.5. The number of hydrogen-bond acceptors (Lipinski definition) is 15. The Hall–Kier alpha value is -1.94. The van der Waals surface area contributed by atoms with Crippen molar-refractivity contribution in [2.45, 2.75) is 412 Å². The van der Waals surface area contributed by atoms with Crippen LogP contribution in [0.1, 0.15) is 394 Å². The van der Waals surface area contributed by atoms with E-state index < -0.39 is 97.5 Å². The zero-order valence-electron chi connectivity index (χ0n) is 61.1. The maximum Gasteiger partial charge on any atom is 0.472 e. The van der Waals surface area contributed by atoms with E-state index in [0.717, 1.165) is 95.8 Å². The van der Waals surface area contributed by atoms with Crippen molar-refractivity contribution in [2.24, 2.45) is 5.92 Å². The van der Waals surface area contributed by atoms with E-state index in [0.29, 0.717) is 25.7 Å². The molecule has 0 amide bonds. The van der Waals surface area contributed by atoms with Crippen molar-refractivity contribution in [1.82, 2.24) is 0 Å². The highest BCUT2D eigenvalue weighted by Gasteiger charge is 2.30. The molecule has 17 nitrogen and oxygen atoms in total. The molecule has 0 aromatic carbocycles. The number of hydrogen-bond donors (Lipinski definition) is 3. The Morgan fingerprint density at radius 1 is 0.287 bits per heavy atom. The number of phosphoric ester groups is 2. The fourth-order valence-corrected chi connectivity index (χ4v) is 13.1. The second-order valence-electron chi connectivity index (χ2n) is 27.5. The molecule has 0 saturated carbocycles. The van der Waals surface area contributed by atoms with Crippen molar-refractivity contribution >= 4 is 39.5 Å². The summed E-state index contributed by atoms with van der Waals surface area (Å²) in [6.45, 7) is 7.29. The third kappa shape index (κ3) is 68.6. The summed E-state index contributed by atoms with van der Waals surface area (Å²) >= 11 is 0. The van der Waals surface area contributed by atoms with Gasteiger partial charge in [-0.3, -0.25) is 37.3 Å². The Morgan fingerprint density at radius 3 is 0.723 bits per heavy atom. The molecular weight excluding hydrogens is 1230 g/mol. The summed E-state index contributed by atoms with van der Waals surface area (Å²) in [4.78, 5) is 72.8. The monoisotopic (exact) mass is 1380 g/mol. The Labute approximate surface area is 575 Å². The number of aliphatic hydroxyl groups excluding tert-OH is 1. The van der Waals surface area contributed by atoms with Gasteiger partial charge in [-0.05, 0) is 31.6 Å². The predicted octanol–water partition coefficient (Wildman–Crippen LogP) is 22.1. The van der Waals surface area contributed by atoms with Crippen LogP contribution in [0.3, 0.4) is 0 Å². The van der Waals surface area contributed by atoms with Gasteiger partial charge in [0.05, 0.1) is 26.4 Å². The molecule has 3 N–H and O–H groups in total. The van der Waals surface area contributed by atoms with E-state index in [4.69, 9.17) is 37.0 Å². The molecule has 0 aromatic rings. The van der Waals surface area contributed by atoms with Crippen molar-refractivity contribution in [3.05, 3.63) is 0 Å². The summed E-state index contributed by atoms with van der Waals surface area (Å²) in [5.74, 6) is -1.35. The van der Waals surface area contributed by atoms with Crippen LogP contribution in [0.4, 0.5) is 0 Å². The number of aliphatic hydroxyl groups is 1. The minimum absolute atomic E-state index is 0.107. The lowest BCUT2D eigenvalue weighted by atomic mass is 10.0. The van der Waals surface area contributed by atoms with Crippen molar-refractivity contribution < 1.29 is 80.2 Å². The van der Waals surface area contributed by atoms with Crippen LogP contribution in [0.5, 0.6) is 0 Å². The highest BCUT2D eigenvalue weighted by atomic mass is 31.2. The van der Waals surface area contributed by atoms with Crippen molar-refractivity contribution in [1.29, 1.82) is 0 Å². The molecule has 0 aliphatic heterocycles. The van der Waals surface area contributed by atoms with Gasteiger partial charge in [-0.25, -0.2) is 9.13 Å². The zero-order chi connectivity index (χ0) is 69.1. The minimum Gasteiger partial charge on any atom is -0.462 e. The van der Waals surface area contributed by atoms with Gasteiger partial charge in [-0.15, -0.1) is 0 Å². The Balaban J connectivity index is 5.25. The summed E-state index contributed by atoms with van der Waals surface area (Å²) in [5, 5.41) is 10.6. The molecule has 0 heterocycles. The number of carbonyl (C=O) groups excluding carboxylic acids is 4. The second-order valence-corrected chi connectivity index (χ2v) is 30.4. The normalized spacial score (nSPS) is 14.0. The first-order valence-corrected chi connectivity index (χ1v) is 42.1. The lowest BCUT2D eigenvalue weighted by molar-refractivity contribution is -0.161. The first kappa shape index (κ1) is 92.1. The molecule has 558 valence electrons. The maximum absolute atomic E-state index is 13.1. The first-order chi connectivity index (χ1) is 45.5. The lowest BCUT2D eigenvalue weighted by Gasteiger charge is -2.21. The maximum atomic E-state index is 13.1. The van der Waals surface area contributed by atoms with E-state index in [-0.39, 0.29) is 25.7 Å². The van der Waals surface area contributed by atoms with E-state index in [9.17, 15) is 43.2 Å². The van der Waals surface area contributed by atoms with Gasteiger partial charge in [0.25, 0.3) is 0 Å². The molecule has 0 bridgehead atoms. The van der Waals surface area contributed by atoms with Crippen LogP contribution in [-0.4, -0.2) is 96.7 Å². The number of unbranched alkanes of at least 4 members (excludes halogenated alkanes) is 47. The minimum atomic E-state index is -4.95. The molecular formula is C75H146O17P2. The molecule has 94 heavy (non-hydrogen) atoms. The van der Waals surface area contributed by atoms with E-state index in [1.165, 1.54) is 218 Å². The zero-order valence-corrected chi connectivity index (χ0v) is 62.9. The molecule has 19 heteroatoms. The third-order valence-corrected chi connectivity index (χ3v) is 19.4. The molecule has 0 aliphatic rings. The molecule has 0 saturated heterocycles. The second kappa shape index (κ2) is 68.2. The molecule has 2 unspecified atom stereocenters. The first-order valence-electron chi connectivity index (χ1n) is 39.1. The van der Waals surface area contributed by atoms with Crippen LogP contribution >= 0.6 is 15.6 Å². The van der Waals surface area contributed by atoms with Gasteiger partial charge in [0.1, 0.15) is 19.3 Å². The molecule has 0 rings (SSSR count). The van der Waals surface area contributed by atoms with E-state index in [1.54, 1.807) is 0 Å². The fraction of sp³-hybridized carbons (Fsp3) is 0.947. The van der Waals surface area contributed by atoms with Crippen LogP contribution in [0.25, 0.3) is 0 Å². The van der Waals surface area contributed by atoms with Gasteiger partial charge in [0.2, 0.25) is 0 Å². The van der Waals surface area contributed by atoms with Crippen molar-refractivity contribution in [3.63, 3.8) is 0 Å². The van der Waals surface area contributed by atoms with Gasteiger partial charge >= 0.3 is 39.5 Å². The molecule has 0 radical (unpaired) electrons. The predicted molar refractivity (Wildman–Crippen MR) is 382 cm³/mol. The number of esters is 4. The highest BCUT2D eigenvalue weighted by Crippen LogP contribution is 2.45. The quantitative estimate of drug-likeness (QED) is 0.0222. The molecule has 0 fully saturated rings. The number of phosphoric acid groups is 2. The summed E-state index contributed by atoms with van der Waals surface area (Å²) in [6, 6.07) is 0. The number of ether oxygens (including phenoxy) is 4. The van der Waals surface area contributed by atoms with E-state index in [2.05, 4.69) is 34.6 Å². The molecule has 5 atom stereocenters. The average Bonchev–Trinajstić information content (AvgIpc) is 1.28. The van der Waals surface area contributed by atoms with Gasteiger partial charge in [-0.1, -0.05) is 343 Å². The summed E-state index contributed by atoms with van der Waals surface area (Å²) in [7, 11) is -9.91. The Morgan fingerprint density at radius 2 is 0.489 bits per heavy atom. The summed E-state index contributed by atoms with van der Waals surface area (Å²) in [6.07, 6.45) is 56.7. The smallest absolute Gasteiger partial charge is 0.462 e. The topological polar surface area (TPSA) is 237 Å². The van der Waals surface area contributed by atoms with Crippen molar-refractivity contribution in [2.75, 3.05) is 39.6 Å². The standard InChI is InChI=1S/C75H146O17P2/c1-6-9-12-15-18-21-24-26-28-30-34-39-44-49-54-59-73(78)86-65-71(91-74(79)60-55-50-45-40-35-31-29-27-25-22-19-16-13-10-7-2)67-90-94(83,84)88-63-69(76)62-87-93(81,82)89-66-70(64-85-72(77)58-53-48-43-38-23-20-17-14-11-8-3)92-75(80)61-56-51-46-41-36-32-33-37-42-47-52-57-68(4)5/h68-71,76H,6-67H2,1-5H3,(H,81,82)(H,83,84)/t69-,70+,71+/m0/s1. The van der Waals surface area contributed by atoms with Gasteiger partial charge in [-0.2, -0.15) is 0 Å². The van der Waals surface area contributed by atoms with Crippen LogP contribution in [-0.2, 0) is 65.4 Å². The number of rotatable bonds is 75. The highest BCUT2D eigenvalue weighted by molar-refractivity contribution is 7.47. The molecule has 0 aliphatic carbocycles. The summed E-state index contributed by atoms with van der Waals surface area (Å²) in [5.41, 5.74) is 0. The van der Waals surface area contributed by atoms with Crippen LogP contribution in [0, 0.1) is 5.92 Å². The average molecular weight is 1380 g/mol. The van der Waals surface area contributed by atoms with Gasteiger partial charge in [0.15, 0.2) is 12.2 Å². The van der Waals surface area contributed by atoms with Gasteiger partial charge < -0.3 is 33.8 Å². The number of carbonyl (C=O) groups is 4. The van der Waals surface area contributed by atoms with Crippen LogP contribution in [0.2, 0.25) is 0 Å². The summed E-state index contributed by atoms with van der Waals surface area (Å²) < 4.78 is 68.5. The van der Waals surface area contributed by atoms with Gasteiger partial charge in [0, 0.05) is 25.7 Å². The molecule has 0 spiro atoms. The SMILES string of the molecule is CCCCCCCCCCCCCCCCCC(=O)OC[C@H](COP(=O)(O)OC[C@@H](O)COP(=O)(O)OC[C@@H](COC(=O)CCCCCCCCCCCC)OC(=O)CCCCCCCCCCCCCC(C)C)OC(=O)CCCCCCCCCCCCCCCCC. The lowest BCUT2D eigenvalue weighted by Crippen LogP contribution is -2.30. The Bertz CT molecular complexity index is 1810. The van der Waals surface area contributed by atoms with E-state index >= 15 is 0 Å². The third-order valence-electron chi connectivity index (χ3n) is 17.5. The largest absolute Gasteiger partial charge is 0.472 e. The van der Waals surface area contributed by atoms with Crippen molar-refractivity contribution in [3.8, 4) is 0 Å².